The summed E-state index contributed by atoms with van der Waals surface area (Å²) < 4.78 is 25.1. The maximum atomic E-state index is 12.3. The van der Waals surface area contributed by atoms with Crippen LogP contribution in [0.1, 0.15) is 68.2 Å². The maximum Gasteiger partial charge on any atom is 0.302 e. The van der Waals surface area contributed by atoms with Gasteiger partial charge in [0.15, 0.2) is 29.0 Å². The number of fused-ring (bicyclic) bond motifs is 4. The number of rotatable bonds is 8. The Morgan fingerprint density at radius 1 is 1.15 bits per heavy atom. The number of phenols is 3. The Labute approximate surface area is 312 Å². The van der Waals surface area contributed by atoms with Gasteiger partial charge in [-0.05, 0) is 78.6 Å². The molecule has 6 N–H and O–H groups in total. The third kappa shape index (κ3) is 9.69. The van der Waals surface area contributed by atoms with Gasteiger partial charge >= 0.3 is 5.97 Å². The number of guanidine groups is 1. The molecule has 6 rings (SSSR count). The maximum absolute atomic E-state index is 12.3. The first kappa shape index (κ1) is 37.7. The molecular formula is C38H48N4O8S2. The molecule has 0 amide bonds. The monoisotopic (exact) mass is 752 g/mol. The number of aromatic nitrogens is 1. The van der Waals surface area contributed by atoms with Gasteiger partial charge in [0.25, 0.3) is 0 Å². The van der Waals surface area contributed by atoms with E-state index in [0.717, 1.165) is 48.3 Å². The lowest BCUT2D eigenvalue weighted by Gasteiger charge is -2.41. The van der Waals surface area contributed by atoms with Crippen LogP contribution in [0.5, 0.6) is 28.7 Å². The van der Waals surface area contributed by atoms with Gasteiger partial charge in [-0.1, -0.05) is 33.7 Å². The first-order valence-corrected chi connectivity index (χ1v) is 20.2. The molecule has 14 heteroatoms. The molecule has 1 aliphatic carbocycles. The van der Waals surface area contributed by atoms with Crippen molar-refractivity contribution in [1.29, 1.82) is 0 Å². The second-order valence-corrected chi connectivity index (χ2v) is 16.4. The first-order chi connectivity index (χ1) is 25.1. The van der Waals surface area contributed by atoms with Crippen LogP contribution in [0.15, 0.2) is 59.9 Å². The highest BCUT2D eigenvalue weighted by Crippen LogP contribution is 2.45. The Balaban J connectivity index is 1.26. The molecular weight excluding hydrogens is 705 g/mol. The van der Waals surface area contributed by atoms with Crippen LogP contribution in [0.2, 0.25) is 0 Å². The molecule has 6 unspecified atom stereocenters. The summed E-state index contributed by atoms with van der Waals surface area (Å²) in [6.07, 6.45) is 7.53. The quantitative estimate of drug-likeness (QED) is 0.0612. The van der Waals surface area contributed by atoms with Crippen molar-refractivity contribution < 1.29 is 39.1 Å². The fourth-order valence-corrected chi connectivity index (χ4v) is 10.4. The standard InChI is InChI=1S/C38H48N4O8S2/c1-23(43)48-29-17-32(26-15-31(45)36(46)35(16-26)47-12-9-24-5-4-11-41-20-24)50-33(18-29)27-13-25-7-8-30(44)34(14-25)49-28-6-3-10-38(19-28,22-52-51-21-27)42-37(39)40-2/h4-5,7-8,11,14-16,20,27-29,32-33,44-46H,3,6,9-10,12-13,17-19,21-22H2,1-2H3,(H3,39,40,42). The summed E-state index contributed by atoms with van der Waals surface area (Å²) in [6.45, 7) is 1.66. The van der Waals surface area contributed by atoms with Gasteiger partial charge in [0.2, 0.25) is 5.75 Å². The van der Waals surface area contributed by atoms with Crippen LogP contribution >= 0.6 is 21.6 Å². The van der Waals surface area contributed by atoms with Gasteiger partial charge in [-0.25, -0.2) is 0 Å². The number of ether oxygens (including phenoxy) is 4. The molecule has 12 nitrogen and oxygen atoms in total. The predicted molar refractivity (Wildman–Crippen MR) is 202 cm³/mol. The molecule has 0 spiro atoms. The molecule has 6 atom stereocenters. The van der Waals surface area contributed by atoms with E-state index in [1.54, 1.807) is 53.2 Å². The Morgan fingerprint density at radius 2 is 2.02 bits per heavy atom. The van der Waals surface area contributed by atoms with Crippen molar-refractivity contribution in [2.45, 2.75) is 88.2 Å². The van der Waals surface area contributed by atoms with E-state index in [4.69, 9.17) is 24.7 Å². The SMILES string of the molecule is CN=C(N)NC12CCCC(C1)Oc1cc(ccc1O)CC(C1CC(OC(C)=O)CC(c3cc(O)c(O)c(OCCc4cccnc4)c3)O1)CSSC2. The lowest BCUT2D eigenvalue weighted by atomic mass is 9.81. The summed E-state index contributed by atoms with van der Waals surface area (Å²) in [5, 5.41) is 35.8. The molecule has 2 aromatic carbocycles. The number of aliphatic imine (C=N–C) groups is 1. The molecule has 52 heavy (non-hydrogen) atoms. The van der Waals surface area contributed by atoms with Crippen molar-refractivity contribution in [3.63, 3.8) is 0 Å². The number of esters is 1. The molecule has 280 valence electrons. The van der Waals surface area contributed by atoms with Crippen LogP contribution in [0.3, 0.4) is 0 Å². The Morgan fingerprint density at radius 3 is 2.81 bits per heavy atom. The minimum atomic E-state index is -0.556. The number of phenolic OH excluding ortho intramolecular Hbond substituents is 3. The molecule has 3 heterocycles. The molecule has 2 fully saturated rings. The van der Waals surface area contributed by atoms with E-state index in [1.165, 1.54) is 13.0 Å². The molecule has 4 bridgehead atoms. The highest BCUT2D eigenvalue weighted by molar-refractivity contribution is 8.76. The van der Waals surface area contributed by atoms with Gasteiger partial charge < -0.3 is 45.3 Å². The number of aromatic hydroxyl groups is 3. The van der Waals surface area contributed by atoms with Crippen LogP contribution in [-0.2, 0) is 27.1 Å². The largest absolute Gasteiger partial charge is 0.504 e. The minimum absolute atomic E-state index is 0.0250. The van der Waals surface area contributed by atoms with Gasteiger partial charge in [-0.3, -0.25) is 14.8 Å². The second kappa shape index (κ2) is 17.2. The fourth-order valence-electron chi connectivity index (χ4n) is 7.37. The number of carbonyl (C=O) groups excluding carboxylic acids is 1. The second-order valence-electron chi connectivity index (χ2n) is 13.9. The average Bonchev–Trinajstić information content (AvgIpc) is 3.13. The Hall–Kier alpha value is -4.01. The van der Waals surface area contributed by atoms with Gasteiger partial charge in [0.1, 0.15) is 12.2 Å². The number of nitrogens with one attached hydrogen (secondary N) is 1. The molecule has 2 aliphatic heterocycles. The van der Waals surface area contributed by atoms with E-state index < -0.39 is 12.2 Å². The van der Waals surface area contributed by atoms with Crippen molar-refractivity contribution in [1.82, 2.24) is 10.3 Å². The Kier molecular flexibility index (Phi) is 12.5. The van der Waals surface area contributed by atoms with Crippen molar-refractivity contribution in [3.05, 3.63) is 71.5 Å². The minimum Gasteiger partial charge on any atom is -0.504 e. The number of benzene rings is 2. The molecule has 1 saturated heterocycles. The van der Waals surface area contributed by atoms with Crippen LogP contribution in [0.4, 0.5) is 0 Å². The molecule has 3 aromatic rings. The first-order valence-electron chi connectivity index (χ1n) is 17.7. The van der Waals surface area contributed by atoms with E-state index in [-0.39, 0.29) is 59.2 Å². The van der Waals surface area contributed by atoms with Crippen molar-refractivity contribution in [3.8, 4) is 28.7 Å². The van der Waals surface area contributed by atoms with Crippen molar-refractivity contribution in [2.24, 2.45) is 16.6 Å². The fraction of sp³-hybridized carbons (Fsp3) is 0.500. The number of hydrogen-bond donors (Lipinski definition) is 5. The van der Waals surface area contributed by atoms with Crippen LogP contribution in [0.25, 0.3) is 0 Å². The Bertz CT molecular complexity index is 1720. The number of nitrogens with two attached hydrogens (primary N) is 1. The molecule has 3 aliphatic rings. The zero-order valence-electron chi connectivity index (χ0n) is 29.5. The molecule has 0 radical (unpaired) electrons. The number of nitrogens with zero attached hydrogens (tertiary/aromatic N) is 2. The molecule has 1 saturated carbocycles. The van der Waals surface area contributed by atoms with Gasteiger partial charge in [0.05, 0.1) is 24.4 Å². The zero-order valence-corrected chi connectivity index (χ0v) is 31.2. The van der Waals surface area contributed by atoms with E-state index in [0.29, 0.717) is 43.0 Å². The lowest BCUT2D eigenvalue weighted by Crippen LogP contribution is -2.57. The van der Waals surface area contributed by atoms with E-state index in [2.05, 4.69) is 15.3 Å². The summed E-state index contributed by atoms with van der Waals surface area (Å²) in [4.78, 5) is 20.6. The third-order valence-corrected chi connectivity index (χ3v) is 12.6. The summed E-state index contributed by atoms with van der Waals surface area (Å²) in [5.41, 5.74) is 8.46. The van der Waals surface area contributed by atoms with E-state index in [1.807, 2.05) is 24.3 Å². The third-order valence-electron chi connectivity index (χ3n) is 9.94. The lowest BCUT2D eigenvalue weighted by molar-refractivity contribution is -0.163. The zero-order chi connectivity index (χ0) is 36.7. The van der Waals surface area contributed by atoms with Gasteiger partial charge in [-0.2, -0.15) is 0 Å². The van der Waals surface area contributed by atoms with Crippen molar-refractivity contribution in [2.75, 3.05) is 25.2 Å². The topological polar surface area (TPSA) is 178 Å². The van der Waals surface area contributed by atoms with Crippen LogP contribution < -0.4 is 20.5 Å². The average molecular weight is 753 g/mol. The van der Waals surface area contributed by atoms with E-state index >= 15 is 0 Å². The summed E-state index contributed by atoms with van der Waals surface area (Å²) >= 11 is 0. The van der Waals surface area contributed by atoms with Crippen LogP contribution in [0, 0.1) is 5.92 Å². The summed E-state index contributed by atoms with van der Waals surface area (Å²) in [7, 11) is 5.21. The number of carbonyl (C=O) groups is 1. The highest BCUT2D eigenvalue weighted by Gasteiger charge is 2.40. The molecule has 1 aromatic heterocycles. The van der Waals surface area contributed by atoms with Gasteiger partial charge in [0, 0.05) is 63.6 Å². The summed E-state index contributed by atoms with van der Waals surface area (Å²) in [5.74, 6) is 1.49. The normalized spacial score (nSPS) is 26.8. The predicted octanol–water partition coefficient (Wildman–Crippen LogP) is 5.82. The highest BCUT2D eigenvalue weighted by atomic mass is 33.1. The van der Waals surface area contributed by atoms with Gasteiger partial charge in [-0.15, -0.1) is 0 Å². The van der Waals surface area contributed by atoms with E-state index in [9.17, 15) is 20.1 Å². The van der Waals surface area contributed by atoms with Crippen molar-refractivity contribution >= 4 is 33.5 Å². The summed E-state index contributed by atoms with van der Waals surface area (Å²) in [6, 6.07) is 12.5. The van der Waals surface area contributed by atoms with Crippen LogP contribution in [-0.4, -0.2) is 81.2 Å². The number of pyridine rings is 1. The number of hydrogen-bond acceptors (Lipinski definition) is 12. The smallest absolute Gasteiger partial charge is 0.302 e.